The van der Waals surface area contributed by atoms with Crippen LogP contribution in [0.5, 0.6) is 0 Å². The van der Waals surface area contributed by atoms with Crippen molar-refractivity contribution >= 4 is 35.6 Å². The van der Waals surface area contributed by atoms with E-state index in [0.717, 1.165) is 41.2 Å². The Morgan fingerprint density at radius 3 is 1.87 bits per heavy atom. The van der Waals surface area contributed by atoms with E-state index in [1.165, 1.54) is 24.3 Å². The zero-order valence-corrected chi connectivity index (χ0v) is 24.8. The molecule has 248 valence electrons. The molecule has 5 atom stereocenters. The van der Waals surface area contributed by atoms with Gasteiger partial charge in [0.25, 0.3) is 5.56 Å². The summed E-state index contributed by atoms with van der Waals surface area (Å²) >= 11 is 0. The fourth-order valence-electron chi connectivity index (χ4n) is 4.21. The molecule has 19 heteroatoms. The maximum atomic E-state index is 13.6. The van der Waals surface area contributed by atoms with Gasteiger partial charge in [-0.25, -0.2) is 19.2 Å². The molecule has 0 amide bonds. The van der Waals surface area contributed by atoms with Crippen molar-refractivity contribution < 1.29 is 72.3 Å². The summed E-state index contributed by atoms with van der Waals surface area (Å²) in [4.78, 5) is 131. The molecule has 1 aliphatic rings. The van der Waals surface area contributed by atoms with E-state index in [-0.39, 0.29) is 5.56 Å². The van der Waals surface area contributed by atoms with Gasteiger partial charge in [-0.3, -0.25) is 43.4 Å². The summed E-state index contributed by atoms with van der Waals surface area (Å²) in [6.07, 6.45) is -8.56. The van der Waals surface area contributed by atoms with Gasteiger partial charge in [-0.1, -0.05) is 30.3 Å². The zero-order chi connectivity index (χ0) is 34.1. The minimum Gasteiger partial charge on any atom is -0.468 e. The number of H-pyrrole nitrogens is 1. The second kappa shape index (κ2) is 15.7. The van der Waals surface area contributed by atoms with E-state index in [2.05, 4.69) is 24.1 Å². The molecule has 0 bridgehead atoms. The smallest absolute Gasteiger partial charge is 0.339 e. The monoisotopic (exact) mass is 652 g/mol. The van der Waals surface area contributed by atoms with Crippen LogP contribution in [0.1, 0.15) is 48.8 Å². The highest BCUT2D eigenvalue weighted by Crippen LogP contribution is 2.37. The van der Waals surface area contributed by atoms with Crippen LogP contribution in [0.15, 0.2) is 46.1 Å². The highest BCUT2D eigenvalue weighted by atomic mass is 17.2. The van der Waals surface area contributed by atoms with Crippen LogP contribution in [0.4, 0.5) is 0 Å². The minimum atomic E-state index is -2.00. The van der Waals surface area contributed by atoms with Crippen LogP contribution in [0.25, 0.3) is 0 Å². The van der Waals surface area contributed by atoms with Crippen molar-refractivity contribution in [2.45, 2.75) is 57.3 Å². The van der Waals surface area contributed by atoms with Crippen LogP contribution in [0.2, 0.25) is 0 Å². The van der Waals surface area contributed by atoms with Crippen LogP contribution >= 0.6 is 0 Å². The zero-order valence-electron chi connectivity index (χ0n) is 24.8. The summed E-state index contributed by atoms with van der Waals surface area (Å²) in [5.41, 5.74) is -3.08. The number of ketones is 1. The lowest BCUT2D eigenvalue weighted by molar-refractivity contribution is -0.364. The number of benzene rings is 1. The first kappa shape index (κ1) is 35.2. The molecular weight excluding hydrogens is 624 g/mol. The second-order valence-electron chi connectivity index (χ2n) is 9.32. The second-order valence-corrected chi connectivity index (χ2v) is 9.32. The Kier molecular flexibility index (Phi) is 12.0. The van der Waals surface area contributed by atoms with Crippen molar-refractivity contribution in [1.29, 1.82) is 0 Å². The minimum absolute atomic E-state index is 0.0119. The number of carbonyl (C=O) groups excluding carboxylic acids is 6. The van der Waals surface area contributed by atoms with E-state index in [4.69, 9.17) is 19.4 Å². The van der Waals surface area contributed by atoms with Crippen molar-refractivity contribution in [3.63, 3.8) is 0 Å². The predicted molar refractivity (Wildman–Crippen MR) is 143 cm³/mol. The first-order chi connectivity index (χ1) is 21.8. The Labute approximate surface area is 257 Å². The maximum Gasteiger partial charge on any atom is 0.339 e. The Balaban J connectivity index is 2.24. The van der Waals surface area contributed by atoms with Gasteiger partial charge < -0.3 is 14.2 Å². The largest absolute Gasteiger partial charge is 0.468 e. The van der Waals surface area contributed by atoms with Crippen molar-refractivity contribution in [2.75, 3.05) is 14.2 Å². The molecule has 1 aromatic carbocycles. The van der Waals surface area contributed by atoms with Crippen LogP contribution in [-0.4, -0.2) is 83.8 Å². The van der Waals surface area contributed by atoms with Crippen molar-refractivity contribution in [3.05, 3.63) is 68.5 Å². The molecule has 1 fully saturated rings. The average molecular weight is 653 g/mol. The summed E-state index contributed by atoms with van der Waals surface area (Å²) < 4.78 is 15.7. The summed E-state index contributed by atoms with van der Waals surface area (Å²) in [6, 6.07) is 7.38. The van der Waals surface area contributed by atoms with Crippen molar-refractivity contribution in [3.8, 4) is 0 Å². The van der Waals surface area contributed by atoms with Gasteiger partial charge in [0.15, 0.2) is 36.2 Å². The van der Waals surface area contributed by atoms with Gasteiger partial charge in [0.2, 0.25) is 0 Å². The number of aromatic nitrogens is 2. The van der Waals surface area contributed by atoms with Crippen molar-refractivity contribution in [2.24, 2.45) is 0 Å². The first-order valence-corrected chi connectivity index (χ1v) is 13.1. The van der Waals surface area contributed by atoms with Gasteiger partial charge >= 0.3 is 35.5 Å². The van der Waals surface area contributed by atoms with Crippen LogP contribution < -0.4 is 11.2 Å². The number of Topliss-reactive ketones (excluding diaryl/α,β-unsaturated/α-hetero) is 1. The van der Waals surface area contributed by atoms with Gasteiger partial charge in [0.05, 0.1) is 19.8 Å². The van der Waals surface area contributed by atoms with Crippen molar-refractivity contribution in [1.82, 2.24) is 9.55 Å². The number of hydrogen-bond donors (Lipinski definition) is 1. The molecule has 46 heavy (non-hydrogen) atoms. The lowest BCUT2D eigenvalue weighted by atomic mass is 9.98. The number of aromatic amines is 1. The first-order valence-electron chi connectivity index (χ1n) is 13.1. The maximum absolute atomic E-state index is 13.6. The number of rotatable bonds is 13. The van der Waals surface area contributed by atoms with Crippen LogP contribution in [-0.2, 0) is 67.5 Å². The molecule has 1 aromatic heterocycles. The van der Waals surface area contributed by atoms with Crippen LogP contribution in [0.3, 0.4) is 0 Å². The van der Waals surface area contributed by atoms with E-state index in [1.807, 2.05) is 4.98 Å². The van der Waals surface area contributed by atoms with E-state index >= 15 is 0 Å². The Morgan fingerprint density at radius 2 is 1.35 bits per heavy atom. The Bertz CT molecular complexity index is 1570. The number of ether oxygens (including phenoxy) is 3. The van der Waals surface area contributed by atoms with Gasteiger partial charge in [-0.2, -0.15) is 14.7 Å². The standard InChI is InChI=1S/C27H28N2O17/c1-12(30)41-44-19(18(33)15-9-7-6-8-10-15)20-21(45-42-13(2)31)22(46-43-14(3)32)24(40-20)29-11-16(23(34)28-27(29)37)17(25(35)38-4)26(36)39-5/h6-11,17,19-22,24H,1-5H3,(H,28,34,37)/t19?,20-,21-,22-,24-/m1/s1. The Hall–Kier alpha value is -5.24. The topological polar surface area (TPSA) is 240 Å². The lowest BCUT2D eigenvalue weighted by Crippen LogP contribution is -2.47. The highest BCUT2D eigenvalue weighted by Gasteiger charge is 2.56. The molecule has 3 rings (SSSR count). The van der Waals surface area contributed by atoms with Gasteiger partial charge in [-0.05, 0) is 0 Å². The number of carbonyl (C=O) groups is 6. The molecule has 0 radical (unpaired) electrons. The molecule has 0 saturated carbocycles. The number of methoxy groups -OCH3 is 2. The number of hydrogen-bond acceptors (Lipinski definition) is 17. The quantitative estimate of drug-likeness (QED) is 0.0928. The van der Waals surface area contributed by atoms with E-state index in [9.17, 15) is 38.4 Å². The number of esters is 2. The Morgan fingerprint density at radius 1 is 0.804 bits per heavy atom. The molecular formula is C27H28N2O17. The van der Waals surface area contributed by atoms with E-state index in [0.29, 0.717) is 4.57 Å². The normalized spacial score (nSPS) is 19.5. The summed E-state index contributed by atoms with van der Waals surface area (Å²) in [6.45, 7) is 2.85. The third-order valence-corrected chi connectivity index (χ3v) is 6.12. The number of nitrogens with one attached hydrogen (secondary N) is 1. The third-order valence-electron chi connectivity index (χ3n) is 6.12. The number of nitrogens with zero attached hydrogens (tertiary/aromatic N) is 1. The van der Waals surface area contributed by atoms with Gasteiger partial charge in [0, 0.05) is 32.5 Å². The third kappa shape index (κ3) is 8.27. The molecule has 19 nitrogen and oxygen atoms in total. The SMILES string of the molecule is COC(=O)C(C(=O)OC)c1cn([C@@H]2O[C@H](C(OOC(C)=O)C(=O)c3ccccc3)[C@@H](OOC(C)=O)[C@H]2OOC(C)=O)c(=O)[nH]c1=O. The fourth-order valence-corrected chi connectivity index (χ4v) is 4.21. The molecule has 1 unspecified atom stereocenters. The summed E-state index contributed by atoms with van der Waals surface area (Å²) in [5.74, 6) is -8.37. The molecule has 1 N–H and O–H groups in total. The predicted octanol–water partition coefficient (Wildman–Crippen LogP) is -0.664. The molecule has 2 heterocycles. The van der Waals surface area contributed by atoms with E-state index in [1.54, 1.807) is 6.07 Å². The van der Waals surface area contributed by atoms with Gasteiger partial charge in [0.1, 0.15) is 6.10 Å². The molecule has 1 saturated heterocycles. The summed E-state index contributed by atoms with van der Waals surface area (Å²) in [7, 11) is 1.86. The lowest BCUT2D eigenvalue weighted by Gasteiger charge is -2.25. The van der Waals surface area contributed by atoms with E-state index < -0.39 is 89.0 Å². The molecule has 1 aliphatic heterocycles. The van der Waals surface area contributed by atoms with Gasteiger partial charge in [-0.15, -0.1) is 0 Å². The fraction of sp³-hybridized carbons (Fsp3) is 0.407. The van der Waals surface area contributed by atoms with Crippen LogP contribution in [0, 0.1) is 0 Å². The summed E-state index contributed by atoms with van der Waals surface area (Å²) in [5, 5.41) is 0. The molecule has 0 spiro atoms. The highest BCUT2D eigenvalue weighted by molar-refractivity contribution is 6.01. The average Bonchev–Trinajstić information content (AvgIpc) is 3.37. The molecule has 0 aliphatic carbocycles. The molecule has 2 aromatic rings.